The smallest absolute Gasteiger partial charge is 0.394 e. The molecule has 0 aliphatic carbocycles. The van der Waals surface area contributed by atoms with Crippen LogP contribution < -0.4 is 11.5 Å². The van der Waals surface area contributed by atoms with Crippen molar-refractivity contribution in [1.82, 2.24) is 9.88 Å². The van der Waals surface area contributed by atoms with Gasteiger partial charge in [-0.1, -0.05) is 0 Å². The van der Waals surface area contributed by atoms with Gasteiger partial charge in [0, 0.05) is 30.2 Å². The lowest BCUT2D eigenvalue weighted by atomic mass is 10.1. The number of aromatic hydroxyl groups is 2. The van der Waals surface area contributed by atoms with Crippen LogP contribution in [0.5, 0.6) is 11.5 Å². The number of phenolic OH excluding ortho intramolecular Hbond substituents is 2. The Balaban J connectivity index is 0.000000444. The summed E-state index contributed by atoms with van der Waals surface area (Å²) < 4.78 is 31.6. The molecule has 0 unspecified atom stereocenters. The molecule has 28 heavy (non-hydrogen) atoms. The third-order valence-corrected chi connectivity index (χ3v) is 3.28. The first-order valence-electron chi connectivity index (χ1n) is 7.42. The second-order valence-electron chi connectivity index (χ2n) is 5.41. The maximum atomic E-state index is 10.4. The molecule has 13 nitrogen and oxygen atoms in total. The number of benzene rings is 1. The molecular weight excluding hydrogens is 398 g/mol. The van der Waals surface area contributed by atoms with Gasteiger partial charge in [-0.25, -0.2) is 0 Å². The van der Waals surface area contributed by atoms with E-state index in [0.717, 1.165) is 22.9 Å². The van der Waals surface area contributed by atoms with E-state index in [-0.39, 0.29) is 22.9 Å². The van der Waals surface area contributed by atoms with Gasteiger partial charge in [0.15, 0.2) is 17.5 Å². The molecule has 0 saturated heterocycles. The fraction of sp³-hybridized carbons (Fsp3) is 0.286. The summed E-state index contributed by atoms with van der Waals surface area (Å²) in [6.45, 7) is 0.889. The van der Waals surface area contributed by atoms with Gasteiger partial charge in [-0.3, -0.25) is 13.9 Å². The molecular formula is C14H23N5O8S. The summed E-state index contributed by atoms with van der Waals surface area (Å²) in [6, 6.07) is 3.05. The van der Waals surface area contributed by atoms with Gasteiger partial charge in [-0.05, 0) is 24.6 Å². The van der Waals surface area contributed by atoms with Gasteiger partial charge < -0.3 is 37.0 Å². The molecule has 2 heterocycles. The van der Waals surface area contributed by atoms with Gasteiger partial charge in [-0.2, -0.15) is 13.4 Å². The van der Waals surface area contributed by atoms with Gasteiger partial charge >= 0.3 is 10.4 Å². The Morgan fingerprint density at radius 3 is 2.18 bits per heavy atom. The van der Waals surface area contributed by atoms with Crippen molar-refractivity contribution in [3.8, 4) is 11.5 Å². The second kappa shape index (κ2) is 10.4. The average Bonchev–Trinajstić information content (AvgIpc) is 3.02. The van der Waals surface area contributed by atoms with Crippen LogP contribution >= 0.6 is 0 Å². The molecule has 3 rings (SSSR count). The predicted octanol–water partition coefficient (Wildman–Crippen LogP) is -1.62. The largest absolute Gasteiger partial charge is 0.504 e. The number of nitrogens with two attached hydrogens (primary N) is 2. The minimum absolute atomic E-state index is 0. The number of phenols is 2. The van der Waals surface area contributed by atoms with Crippen molar-refractivity contribution in [2.24, 2.45) is 16.5 Å². The number of hydrogen-bond donors (Lipinski definition) is 7. The van der Waals surface area contributed by atoms with Crippen molar-refractivity contribution in [3.05, 3.63) is 23.9 Å². The summed E-state index contributed by atoms with van der Waals surface area (Å²) in [5.41, 5.74) is 12.5. The number of aliphatic imine (C=N–C) groups is 1. The van der Waals surface area contributed by atoms with Crippen LogP contribution in [0.3, 0.4) is 0 Å². The SMILES string of the molecule is CN1CC(=O)N=C1N.NCCc1c[nH]c2cc(O)c(O)cc12.O.O=S(=O)(O)O. The van der Waals surface area contributed by atoms with Crippen LogP contribution in [0, 0.1) is 0 Å². The Labute approximate surface area is 160 Å². The van der Waals surface area contributed by atoms with E-state index in [0.29, 0.717) is 19.0 Å². The lowest BCUT2D eigenvalue weighted by Crippen LogP contribution is -2.29. The number of nitrogens with zero attached hydrogens (tertiary/aromatic N) is 2. The van der Waals surface area contributed by atoms with Crippen LogP contribution in [-0.2, 0) is 21.6 Å². The monoisotopic (exact) mass is 421 g/mol. The molecule has 14 heteroatoms. The minimum Gasteiger partial charge on any atom is -0.504 e. The summed E-state index contributed by atoms with van der Waals surface area (Å²) in [7, 11) is -2.94. The van der Waals surface area contributed by atoms with Gasteiger partial charge in [0.05, 0.1) is 0 Å². The Bertz CT molecular complexity index is 933. The molecule has 1 aliphatic heterocycles. The molecule has 0 fully saturated rings. The zero-order valence-corrected chi connectivity index (χ0v) is 15.6. The molecule has 0 atom stereocenters. The lowest BCUT2D eigenvalue weighted by molar-refractivity contribution is -0.116. The van der Waals surface area contributed by atoms with Crippen LogP contribution in [-0.4, -0.2) is 75.1 Å². The zero-order chi connectivity index (χ0) is 20.8. The standard InChI is InChI=1S/C10H12N2O2.C4H7N3O.H2O4S.H2O/c11-2-1-6-5-12-8-4-10(14)9(13)3-7(6)8;1-7-2-3(8)6-4(7)5;1-5(2,3)4;/h3-5,12-14H,1-2,11H2;2H2,1H3,(H2,5,6,8);(H2,1,2,3,4);1H2. The van der Waals surface area contributed by atoms with Crippen molar-refractivity contribution < 1.29 is 38.0 Å². The van der Waals surface area contributed by atoms with Gasteiger partial charge in [-0.15, -0.1) is 0 Å². The van der Waals surface area contributed by atoms with Crippen molar-refractivity contribution in [2.45, 2.75) is 6.42 Å². The molecule has 11 N–H and O–H groups in total. The molecule has 1 aromatic heterocycles. The summed E-state index contributed by atoms with van der Waals surface area (Å²) in [5, 5.41) is 19.5. The lowest BCUT2D eigenvalue weighted by Gasteiger charge is -2.05. The number of hydrogen-bond acceptors (Lipinski definition) is 8. The van der Waals surface area contributed by atoms with Gasteiger partial charge in [0.1, 0.15) is 6.54 Å². The highest BCUT2D eigenvalue weighted by molar-refractivity contribution is 7.79. The zero-order valence-electron chi connectivity index (χ0n) is 14.8. The van der Waals surface area contributed by atoms with E-state index < -0.39 is 10.4 Å². The van der Waals surface area contributed by atoms with E-state index in [1.165, 1.54) is 6.07 Å². The fourth-order valence-corrected chi connectivity index (χ4v) is 2.10. The highest BCUT2D eigenvalue weighted by atomic mass is 32.3. The van der Waals surface area contributed by atoms with E-state index in [2.05, 4.69) is 9.98 Å². The summed E-state index contributed by atoms with van der Waals surface area (Å²) >= 11 is 0. The van der Waals surface area contributed by atoms with Crippen molar-refractivity contribution >= 4 is 33.2 Å². The quantitative estimate of drug-likeness (QED) is 0.215. The second-order valence-corrected chi connectivity index (χ2v) is 6.30. The number of carbonyl (C=O) groups excluding carboxylic acids is 1. The molecule has 1 amide bonds. The number of carbonyl (C=O) groups is 1. The van der Waals surface area contributed by atoms with Crippen molar-refractivity contribution in [3.63, 3.8) is 0 Å². The number of guanidine groups is 1. The van der Waals surface area contributed by atoms with Crippen LogP contribution in [0.1, 0.15) is 5.56 Å². The van der Waals surface area contributed by atoms with Gasteiger partial charge in [0.25, 0.3) is 5.91 Å². The number of rotatable bonds is 2. The Morgan fingerprint density at radius 1 is 1.25 bits per heavy atom. The molecule has 0 saturated carbocycles. The maximum Gasteiger partial charge on any atom is 0.394 e. The van der Waals surface area contributed by atoms with Crippen molar-refractivity contribution in [1.29, 1.82) is 0 Å². The highest BCUT2D eigenvalue weighted by Crippen LogP contribution is 2.31. The number of aromatic nitrogens is 1. The number of likely N-dealkylation sites (N-methyl/N-ethyl adjacent to an activating group) is 1. The highest BCUT2D eigenvalue weighted by Gasteiger charge is 2.15. The fourth-order valence-electron chi connectivity index (χ4n) is 2.10. The van der Waals surface area contributed by atoms with Crippen LogP contribution in [0.2, 0.25) is 0 Å². The number of H-pyrrole nitrogens is 1. The topological polar surface area (TPSA) is 247 Å². The molecule has 1 aromatic carbocycles. The third-order valence-electron chi connectivity index (χ3n) is 3.28. The molecule has 1 aliphatic rings. The molecule has 2 aromatic rings. The molecule has 0 bridgehead atoms. The maximum absolute atomic E-state index is 10.4. The Morgan fingerprint density at radius 2 is 1.79 bits per heavy atom. The summed E-state index contributed by atoms with van der Waals surface area (Å²) in [4.78, 5) is 18.4. The van der Waals surface area contributed by atoms with Crippen molar-refractivity contribution in [2.75, 3.05) is 20.1 Å². The Hall–Kier alpha value is -2.91. The van der Waals surface area contributed by atoms with E-state index >= 15 is 0 Å². The predicted molar refractivity (Wildman–Crippen MR) is 101 cm³/mol. The van der Waals surface area contributed by atoms with Gasteiger partial charge in [0.2, 0.25) is 0 Å². The number of nitrogens with one attached hydrogen (secondary N) is 1. The third kappa shape index (κ3) is 8.19. The van der Waals surface area contributed by atoms with E-state index in [1.54, 1.807) is 18.0 Å². The minimum atomic E-state index is -4.67. The van der Waals surface area contributed by atoms with E-state index in [1.807, 2.05) is 6.20 Å². The summed E-state index contributed by atoms with van der Waals surface area (Å²) in [6.07, 6.45) is 2.60. The van der Waals surface area contributed by atoms with E-state index in [9.17, 15) is 15.0 Å². The molecule has 0 spiro atoms. The number of aromatic amines is 1. The first kappa shape index (κ1) is 25.1. The van der Waals surface area contributed by atoms with Crippen LogP contribution in [0.15, 0.2) is 23.3 Å². The Kier molecular flexibility index (Phi) is 9.35. The number of amides is 1. The summed E-state index contributed by atoms with van der Waals surface area (Å²) in [5.74, 6) is -0.0611. The average molecular weight is 421 g/mol. The first-order valence-corrected chi connectivity index (χ1v) is 8.82. The molecule has 0 radical (unpaired) electrons. The van der Waals surface area contributed by atoms with Crippen LogP contribution in [0.25, 0.3) is 10.9 Å². The number of fused-ring (bicyclic) bond motifs is 1. The van der Waals surface area contributed by atoms with Crippen LogP contribution in [0.4, 0.5) is 0 Å². The van der Waals surface area contributed by atoms with E-state index in [4.69, 9.17) is 29.0 Å². The molecule has 158 valence electrons. The normalized spacial score (nSPS) is 13.1. The first-order chi connectivity index (χ1) is 12.4.